The highest BCUT2D eigenvalue weighted by Crippen LogP contribution is 2.30. The van der Waals surface area contributed by atoms with E-state index in [1.807, 2.05) is 77.7 Å². The Labute approximate surface area is 208 Å². The Hall–Kier alpha value is -3.91. The highest BCUT2D eigenvalue weighted by Gasteiger charge is 2.35. The molecule has 0 spiro atoms. The second-order valence-corrected chi connectivity index (χ2v) is 9.52. The zero-order chi connectivity index (χ0) is 24.4. The predicted octanol–water partition coefficient (Wildman–Crippen LogP) is 5.16. The normalized spacial score (nSPS) is 12.9. The molecule has 5 rings (SSSR count). The van der Waals surface area contributed by atoms with Crippen molar-refractivity contribution in [3.05, 3.63) is 82.7 Å². The molecule has 1 N–H and O–H groups in total. The minimum absolute atomic E-state index is 0.0139. The molecule has 0 saturated heterocycles. The summed E-state index contributed by atoms with van der Waals surface area (Å²) in [5, 5.41) is 4.82. The number of hydrogen-bond acceptors (Lipinski definition) is 5. The number of methoxy groups -OCH3 is 1. The van der Waals surface area contributed by atoms with Crippen LogP contribution >= 0.6 is 11.3 Å². The van der Waals surface area contributed by atoms with E-state index >= 15 is 0 Å². The van der Waals surface area contributed by atoms with Crippen LogP contribution in [0.5, 0.6) is 5.75 Å². The number of anilines is 1. The van der Waals surface area contributed by atoms with Gasteiger partial charge in [0.2, 0.25) is 11.9 Å². The smallest absolute Gasteiger partial charge is 0.264 e. The van der Waals surface area contributed by atoms with Crippen LogP contribution in [-0.2, 0) is 4.79 Å². The maximum atomic E-state index is 13.1. The van der Waals surface area contributed by atoms with E-state index in [1.165, 1.54) is 11.3 Å². The van der Waals surface area contributed by atoms with Gasteiger partial charge >= 0.3 is 0 Å². The second kappa shape index (κ2) is 9.76. The summed E-state index contributed by atoms with van der Waals surface area (Å²) in [6, 6.07) is 19.4. The third-order valence-corrected chi connectivity index (χ3v) is 6.81. The number of thiophene rings is 1. The number of carbonyl (C=O) groups is 2. The van der Waals surface area contributed by atoms with Crippen LogP contribution in [0.25, 0.3) is 16.9 Å². The van der Waals surface area contributed by atoms with Gasteiger partial charge in [0.05, 0.1) is 17.7 Å². The molecule has 1 aliphatic carbocycles. The van der Waals surface area contributed by atoms with Crippen molar-refractivity contribution in [3.63, 3.8) is 0 Å². The number of nitrogens with one attached hydrogen (secondary N) is 1. The predicted molar refractivity (Wildman–Crippen MR) is 137 cm³/mol. The van der Waals surface area contributed by atoms with Crippen molar-refractivity contribution < 1.29 is 14.3 Å². The fraction of sp³-hybridized carbons (Fsp3) is 0.222. The van der Waals surface area contributed by atoms with E-state index in [2.05, 4.69) is 5.32 Å². The first-order valence-corrected chi connectivity index (χ1v) is 12.3. The largest absolute Gasteiger partial charge is 0.497 e. The molecular formula is C27H26N4O3S. The van der Waals surface area contributed by atoms with Crippen molar-refractivity contribution in [1.29, 1.82) is 0 Å². The molecule has 1 fully saturated rings. The van der Waals surface area contributed by atoms with Gasteiger partial charge in [0.25, 0.3) is 5.91 Å². The van der Waals surface area contributed by atoms with Crippen LogP contribution < -0.4 is 10.1 Å². The first-order chi connectivity index (χ1) is 17.0. The lowest BCUT2D eigenvalue weighted by Gasteiger charge is -2.21. The fourth-order valence-electron chi connectivity index (χ4n) is 3.89. The molecular weight excluding hydrogens is 460 g/mol. The lowest BCUT2D eigenvalue weighted by atomic mass is 10.1. The molecule has 0 radical (unpaired) electrons. The number of amides is 2. The van der Waals surface area contributed by atoms with Gasteiger partial charge in [-0.25, -0.2) is 4.98 Å². The Kier molecular flexibility index (Phi) is 6.37. The number of aromatic nitrogens is 2. The maximum absolute atomic E-state index is 13.1. The average molecular weight is 487 g/mol. The summed E-state index contributed by atoms with van der Waals surface area (Å²) in [6.07, 6.45) is 3.74. The van der Waals surface area contributed by atoms with E-state index in [4.69, 9.17) is 9.72 Å². The number of aryl methyl sites for hydroxylation is 1. The Bertz CT molecular complexity index is 1320. The summed E-state index contributed by atoms with van der Waals surface area (Å²) in [5.41, 5.74) is 3.64. The molecule has 1 saturated carbocycles. The summed E-state index contributed by atoms with van der Waals surface area (Å²) in [5.74, 6) is 0.792. The molecule has 0 atom stereocenters. The first kappa shape index (κ1) is 22.9. The summed E-state index contributed by atoms with van der Waals surface area (Å²) in [6.45, 7) is 2.01. The molecule has 8 heteroatoms. The second-order valence-electron chi connectivity index (χ2n) is 8.57. The summed E-state index contributed by atoms with van der Waals surface area (Å²) in [7, 11) is 1.63. The third-order valence-electron chi connectivity index (χ3n) is 5.95. The minimum Gasteiger partial charge on any atom is -0.497 e. The fourth-order valence-corrected chi connectivity index (χ4v) is 4.56. The average Bonchev–Trinajstić information content (AvgIpc) is 3.39. The Morgan fingerprint density at radius 3 is 2.49 bits per heavy atom. The van der Waals surface area contributed by atoms with Crippen LogP contribution in [0, 0.1) is 6.92 Å². The highest BCUT2D eigenvalue weighted by molar-refractivity contribution is 7.12. The van der Waals surface area contributed by atoms with Gasteiger partial charge in [-0.15, -0.1) is 11.3 Å². The van der Waals surface area contributed by atoms with E-state index < -0.39 is 0 Å². The van der Waals surface area contributed by atoms with Gasteiger partial charge in [0.1, 0.15) is 12.3 Å². The lowest BCUT2D eigenvalue weighted by molar-refractivity contribution is -0.117. The SMILES string of the molecule is COc1ccc(-c2cn(-c3ccc(C)cc3)c(NC(=O)CN(C(=O)c3cccs3)C3CC3)n2)cc1. The van der Waals surface area contributed by atoms with Crippen LogP contribution in [0.4, 0.5) is 5.95 Å². The molecule has 1 aliphatic rings. The number of ether oxygens (including phenoxy) is 1. The van der Waals surface area contributed by atoms with Crippen molar-refractivity contribution in [2.45, 2.75) is 25.8 Å². The van der Waals surface area contributed by atoms with Crippen molar-refractivity contribution in [2.75, 3.05) is 19.0 Å². The summed E-state index contributed by atoms with van der Waals surface area (Å²) < 4.78 is 7.12. The van der Waals surface area contributed by atoms with Gasteiger partial charge in [0, 0.05) is 23.5 Å². The van der Waals surface area contributed by atoms with Gasteiger partial charge in [-0.3, -0.25) is 19.5 Å². The molecule has 2 amide bonds. The molecule has 35 heavy (non-hydrogen) atoms. The zero-order valence-corrected chi connectivity index (χ0v) is 20.4. The first-order valence-electron chi connectivity index (χ1n) is 11.5. The molecule has 4 aromatic rings. The van der Waals surface area contributed by atoms with E-state index in [0.717, 1.165) is 41.1 Å². The summed E-state index contributed by atoms with van der Waals surface area (Å²) in [4.78, 5) is 33.1. The Morgan fingerprint density at radius 2 is 1.86 bits per heavy atom. The van der Waals surface area contributed by atoms with Crippen molar-refractivity contribution >= 4 is 29.1 Å². The van der Waals surface area contributed by atoms with Crippen LogP contribution in [0.2, 0.25) is 0 Å². The number of rotatable bonds is 8. The van der Waals surface area contributed by atoms with Gasteiger partial charge in [0.15, 0.2) is 0 Å². The van der Waals surface area contributed by atoms with Gasteiger partial charge < -0.3 is 9.64 Å². The van der Waals surface area contributed by atoms with E-state index in [9.17, 15) is 9.59 Å². The van der Waals surface area contributed by atoms with Crippen LogP contribution in [0.3, 0.4) is 0 Å². The monoisotopic (exact) mass is 486 g/mol. The zero-order valence-electron chi connectivity index (χ0n) is 19.6. The number of benzene rings is 2. The molecule has 0 bridgehead atoms. The number of carbonyl (C=O) groups excluding carboxylic acids is 2. The Balaban J connectivity index is 1.42. The molecule has 178 valence electrons. The number of nitrogens with zero attached hydrogens (tertiary/aromatic N) is 3. The van der Waals surface area contributed by atoms with Crippen molar-refractivity contribution in [1.82, 2.24) is 14.5 Å². The third kappa shape index (κ3) is 5.12. The van der Waals surface area contributed by atoms with Gasteiger partial charge in [-0.2, -0.15) is 0 Å². The minimum atomic E-state index is -0.276. The van der Waals surface area contributed by atoms with Crippen LogP contribution in [0.1, 0.15) is 28.1 Å². The van der Waals surface area contributed by atoms with E-state index in [-0.39, 0.29) is 24.4 Å². The summed E-state index contributed by atoms with van der Waals surface area (Å²) >= 11 is 1.39. The standard InChI is InChI=1S/C27H26N4O3S/c1-18-5-9-21(10-6-18)31-16-23(19-7-13-22(34-2)14-8-19)28-27(31)29-25(32)17-30(20-11-12-20)26(33)24-4-3-15-35-24/h3-10,13-16,20H,11-12,17H2,1-2H3,(H,28,29,32). The molecule has 2 aromatic heterocycles. The topological polar surface area (TPSA) is 76.5 Å². The van der Waals surface area contributed by atoms with E-state index in [0.29, 0.717) is 10.8 Å². The molecule has 2 aromatic carbocycles. The molecule has 0 aliphatic heterocycles. The molecule has 0 unspecified atom stereocenters. The van der Waals surface area contributed by atoms with Crippen molar-refractivity contribution in [3.8, 4) is 22.7 Å². The highest BCUT2D eigenvalue weighted by atomic mass is 32.1. The Morgan fingerprint density at radius 1 is 1.11 bits per heavy atom. The molecule has 7 nitrogen and oxygen atoms in total. The van der Waals surface area contributed by atoms with E-state index in [1.54, 1.807) is 18.1 Å². The lowest BCUT2D eigenvalue weighted by Crippen LogP contribution is -2.39. The van der Waals surface area contributed by atoms with Gasteiger partial charge in [-0.1, -0.05) is 23.8 Å². The quantitative estimate of drug-likeness (QED) is 0.373. The van der Waals surface area contributed by atoms with Crippen molar-refractivity contribution in [2.24, 2.45) is 0 Å². The maximum Gasteiger partial charge on any atom is 0.264 e. The van der Waals surface area contributed by atoms with Crippen LogP contribution in [-0.4, -0.2) is 46.0 Å². The van der Waals surface area contributed by atoms with Crippen LogP contribution in [0.15, 0.2) is 72.2 Å². The number of imidazole rings is 1. The number of hydrogen-bond donors (Lipinski definition) is 1. The molecule has 2 heterocycles. The van der Waals surface area contributed by atoms with Gasteiger partial charge in [-0.05, 0) is 67.6 Å².